The van der Waals surface area contributed by atoms with E-state index in [1.165, 1.54) is 11.0 Å². The molecule has 0 spiro atoms. The van der Waals surface area contributed by atoms with E-state index in [4.69, 9.17) is 0 Å². The van der Waals surface area contributed by atoms with Crippen LogP contribution in [0.3, 0.4) is 0 Å². The van der Waals surface area contributed by atoms with Gasteiger partial charge in [0.15, 0.2) is 0 Å². The molecule has 4 nitrogen and oxygen atoms in total. The van der Waals surface area contributed by atoms with Crippen molar-refractivity contribution in [1.82, 2.24) is 4.90 Å². The molecular weight excluding hydrogens is 194 g/mol. The summed E-state index contributed by atoms with van der Waals surface area (Å²) in [5.74, 6) is -0.368. The first-order valence-electron chi connectivity index (χ1n) is 4.53. The second-order valence-corrected chi connectivity index (χ2v) is 2.94. The molecule has 0 unspecified atom stereocenters. The number of likely N-dealkylation sites (N-methyl/N-ethyl adjacent to an activating group) is 1. The van der Waals surface area contributed by atoms with Gasteiger partial charge in [-0.3, -0.25) is 4.79 Å². The predicted octanol–water partition coefficient (Wildman–Crippen LogP) is 1.39. The van der Waals surface area contributed by atoms with Crippen LogP contribution in [0.25, 0.3) is 0 Å². The van der Waals surface area contributed by atoms with E-state index >= 15 is 0 Å². The minimum Gasteiger partial charge on any atom is -0.463 e. The number of amides is 1. The highest BCUT2D eigenvalue weighted by molar-refractivity contribution is 5.87. The maximum absolute atomic E-state index is 10.4. The van der Waals surface area contributed by atoms with Crippen LogP contribution in [0.2, 0.25) is 0 Å². The maximum atomic E-state index is 10.4. The fraction of sp³-hybridized carbons (Fsp3) is 0.455. The topological polar surface area (TPSA) is 46.6 Å². The van der Waals surface area contributed by atoms with Gasteiger partial charge in [-0.1, -0.05) is 13.2 Å². The lowest BCUT2D eigenvalue weighted by molar-refractivity contribution is -0.138. The van der Waals surface area contributed by atoms with Crippen LogP contribution >= 0.6 is 0 Å². The van der Waals surface area contributed by atoms with Gasteiger partial charge in [0.25, 0.3) is 0 Å². The first-order chi connectivity index (χ1) is 6.86. The smallest absolute Gasteiger partial charge is 0.333 e. The Morgan fingerprint density at radius 2 is 1.87 bits per heavy atom. The van der Waals surface area contributed by atoms with Crippen LogP contribution in [0.4, 0.5) is 0 Å². The summed E-state index contributed by atoms with van der Waals surface area (Å²) in [6.07, 6.45) is 1.28. The number of ether oxygens (including phenoxy) is 1. The van der Waals surface area contributed by atoms with Crippen LogP contribution in [-0.4, -0.2) is 37.5 Å². The minimum absolute atomic E-state index is 0.0556. The quantitative estimate of drug-likeness (QED) is 0.525. The number of hydrogen-bond donors (Lipinski definition) is 0. The van der Waals surface area contributed by atoms with E-state index in [9.17, 15) is 9.59 Å². The average molecular weight is 213 g/mol. The molecule has 0 aliphatic rings. The lowest BCUT2D eigenvalue weighted by atomic mass is 10.4. The maximum Gasteiger partial charge on any atom is 0.333 e. The van der Waals surface area contributed by atoms with Gasteiger partial charge in [-0.05, 0) is 19.9 Å². The highest BCUT2D eigenvalue weighted by atomic mass is 16.5. The van der Waals surface area contributed by atoms with Gasteiger partial charge in [-0.25, -0.2) is 4.79 Å². The first kappa shape index (κ1) is 15.9. The Bertz CT molecular complexity index is 244. The monoisotopic (exact) mass is 213 g/mol. The van der Waals surface area contributed by atoms with Gasteiger partial charge in [0.2, 0.25) is 5.91 Å². The van der Waals surface area contributed by atoms with Crippen molar-refractivity contribution in [2.24, 2.45) is 0 Å². The Morgan fingerprint density at radius 3 is 1.93 bits per heavy atom. The second kappa shape index (κ2) is 8.99. The van der Waals surface area contributed by atoms with Crippen molar-refractivity contribution in [3.8, 4) is 0 Å². The summed E-state index contributed by atoms with van der Waals surface area (Å²) in [5.41, 5.74) is 0.451. The van der Waals surface area contributed by atoms with E-state index in [-0.39, 0.29) is 11.9 Å². The largest absolute Gasteiger partial charge is 0.463 e. The number of rotatable bonds is 3. The standard InChI is InChI=1S/C6H10O2.C5H9NO/c1-4-8-6(7)5(2)3;1-4-5(7)6(2)3/h2,4H2,1,3H3;4H,1H2,2-3H3. The van der Waals surface area contributed by atoms with Crippen molar-refractivity contribution in [1.29, 1.82) is 0 Å². The highest BCUT2D eigenvalue weighted by Gasteiger charge is 1.98. The molecule has 0 aromatic heterocycles. The van der Waals surface area contributed by atoms with Crippen molar-refractivity contribution < 1.29 is 14.3 Å². The van der Waals surface area contributed by atoms with Crippen LogP contribution in [0.15, 0.2) is 24.8 Å². The average Bonchev–Trinajstić information content (AvgIpc) is 2.17. The van der Waals surface area contributed by atoms with Gasteiger partial charge >= 0.3 is 5.97 Å². The molecular formula is C11H19NO3. The number of hydrogen-bond acceptors (Lipinski definition) is 3. The zero-order valence-corrected chi connectivity index (χ0v) is 9.87. The number of carbonyl (C=O) groups excluding carboxylic acids is 2. The van der Waals surface area contributed by atoms with Gasteiger partial charge < -0.3 is 9.64 Å². The lowest BCUT2D eigenvalue weighted by Crippen LogP contribution is -2.18. The second-order valence-electron chi connectivity index (χ2n) is 2.94. The van der Waals surface area contributed by atoms with Crippen LogP contribution in [-0.2, 0) is 14.3 Å². The molecule has 0 saturated carbocycles. The third kappa shape index (κ3) is 10.3. The molecule has 15 heavy (non-hydrogen) atoms. The van der Waals surface area contributed by atoms with Crippen LogP contribution in [0.5, 0.6) is 0 Å². The molecule has 0 aliphatic heterocycles. The number of carbonyl (C=O) groups is 2. The molecule has 1 amide bonds. The summed E-state index contributed by atoms with van der Waals surface area (Å²) in [6.45, 7) is 10.5. The fourth-order valence-corrected chi connectivity index (χ4v) is 0.437. The van der Waals surface area contributed by atoms with E-state index in [2.05, 4.69) is 17.9 Å². The molecule has 0 heterocycles. The molecule has 0 aliphatic carbocycles. The summed E-state index contributed by atoms with van der Waals surface area (Å²) in [5, 5.41) is 0. The summed E-state index contributed by atoms with van der Waals surface area (Å²) < 4.78 is 4.56. The number of nitrogens with zero attached hydrogens (tertiary/aromatic N) is 1. The Balaban J connectivity index is 0. The Hall–Kier alpha value is -1.58. The van der Waals surface area contributed by atoms with Gasteiger partial charge in [0.05, 0.1) is 6.61 Å². The predicted molar refractivity (Wildman–Crippen MR) is 60.3 cm³/mol. The zero-order chi connectivity index (χ0) is 12.4. The van der Waals surface area contributed by atoms with Gasteiger partial charge in [0, 0.05) is 19.7 Å². The lowest BCUT2D eigenvalue weighted by Gasteiger charge is -2.03. The van der Waals surface area contributed by atoms with E-state index in [0.29, 0.717) is 12.2 Å². The van der Waals surface area contributed by atoms with Crippen LogP contribution < -0.4 is 0 Å². The minimum atomic E-state index is -0.312. The van der Waals surface area contributed by atoms with Crippen LogP contribution in [0, 0.1) is 0 Å². The molecule has 0 fully saturated rings. The molecule has 0 bridgehead atoms. The molecule has 0 saturated heterocycles. The molecule has 0 N–H and O–H groups in total. The molecule has 0 rings (SSSR count). The van der Waals surface area contributed by atoms with Crippen LogP contribution in [0.1, 0.15) is 13.8 Å². The van der Waals surface area contributed by atoms with E-state index < -0.39 is 0 Å². The summed E-state index contributed by atoms with van der Waals surface area (Å²) in [4.78, 5) is 22.2. The SMILES string of the molecule is C=C(C)C(=O)OCC.C=CC(=O)N(C)C. The molecule has 4 heteroatoms. The van der Waals surface area contributed by atoms with Gasteiger partial charge in [0.1, 0.15) is 0 Å². The Kier molecular flexibility index (Phi) is 9.52. The molecule has 86 valence electrons. The van der Waals surface area contributed by atoms with Crippen molar-refractivity contribution in [2.45, 2.75) is 13.8 Å². The van der Waals surface area contributed by atoms with Crippen molar-refractivity contribution in [3.63, 3.8) is 0 Å². The van der Waals surface area contributed by atoms with Gasteiger partial charge in [-0.2, -0.15) is 0 Å². The highest BCUT2D eigenvalue weighted by Crippen LogP contribution is 1.89. The third-order valence-electron chi connectivity index (χ3n) is 1.24. The summed E-state index contributed by atoms with van der Waals surface area (Å²) in [7, 11) is 3.37. The van der Waals surface area contributed by atoms with Crippen molar-refractivity contribution in [2.75, 3.05) is 20.7 Å². The number of esters is 1. The van der Waals surface area contributed by atoms with Crippen molar-refractivity contribution in [3.05, 3.63) is 24.8 Å². The van der Waals surface area contributed by atoms with Crippen molar-refractivity contribution >= 4 is 11.9 Å². The molecule has 0 radical (unpaired) electrons. The molecule has 0 atom stereocenters. The fourth-order valence-electron chi connectivity index (χ4n) is 0.437. The third-order valence-corrected chi connectivity index (χ3v) is 1.24. The first-order valence-corrected chi connectivity index (χ1v) is 4.53. The van der Waals surface area contributed by atoms with E-state index in [1.54, 1.807) is 27.9 Å². The normalized spacial score (nSPS) is 8.00. The Labute approximate surface area is 91.2 Å². The summed E-state index contributed by atoms with van der Waals surface area (Å²) in [6, 6.07) is 0. The summed E-state index contributed by atoms with van der Waals surface area (Å²) >= 11 is 0. The Morgan fingerprint density at radius 1 is 1.40 bits per heavy atom. The zero-order valence-electron chi connectivity index (χ0n) is 9.87. The van der Waals surface area contributed by atoms with E-state index in [0.717, 1.165) is 0 Å². The molecule has 0 aromatic rings. The van der Waals surface area contributed by atoms with E-state index in [1.807, 2.05) is 0 Å². The molecule has 0 aromatic carbocycles. The van der Waals surface area contributed by atoms with Gasteiger partial charge in [-0.15, -0.1) is 0 Å².